The number of imide groups is 1. The molecule has 4 atom stereocenters. The molecule has 0 saturated carbocycles. The molecule has 2 heterocycles. The number of hydrogen-bond donors (Lipinski definition) is 1. The van der Waals surface area contributed by atoms with Crippen molar-refractivity contribution in [3.63, 3.8) is 0 Å². The van der Waals surface area contributed by atoms with Crippen molar-refractivity contribution in [2.24, 2.45) is 23.7 Å². The zero-order valence-electron chi connectivity index (χ0n) is 24.4. The van der Waals surface area contributed by atoms with E-state index in [2.05, 4.69) is 0 Å². The topological polar surface area (TPSA) is 66.8 Å². The largest absolute Gasteiger partial charge is 0.508 e. The number of rotatable bonds is 7. The van der Waals surface area contributed by atoms with Gasteiger partial charge in [-0.2, -0.15) is 26.3 Å². The van der Waals surface area contributed by atoms with E-state index in [-0.39, 0.29) is 36.9 Å². The van der Waals surface area contributed by atoms with Gasteiger partial charge in [0.1, 0.15) is 5.75 Å². The van der Waals surface area contributed by atoms with Crippen LogP contribution in [0.1, 0.15) is 63.1 Å². The first-order valence-corrected chi connectivity index (χ1v) is 14.6. The summed E-state index contributed by atoms with van der Waals surface area (Å²) in [5.74, 6) is -3.79. The summed E-state index contributed by atoms with van der Waals surface area (Å²) in [6.45, 7) is 6.07. The predicted octanol–water partition coefficient (Wildman–Crippen LogP) is 8.18. The van der Waals surface area contributed by atoms with Gasteiger partial charge in [-0.25, -0.2) is 4.90 Å². The summed E-state index contributed by atoms with van der Waals surface area (Å²) < 4.78 is 87.6. The molecule has 0 aromatic heterocycles. The van der Waals surface area contributed by atoms with Gasteiger partial charge >= 0.3 is 12.4 Å². The summed E-state index contributed by atoms with van der Waals surface area (Å²) in [6.07, 6.45) is -6.28. The molecule has 0 bridgehead atoms. The molecular formula is C33H33F6NO4. The number of carbonyl (C=O) groups is 2. The van der Waals surface area contributed by atoms with Gasteiger partial charge in [0.15, 0.2) is 0 Å². The Bertz CT molecular complexity index is 1470. The lowest BCUT2D eigenvalue weighted by atomic mass is 9.67. The van der Waals surface area contributed by atoms with E-state index >= 15 is 0 Å². The van der Waals surface area contributed by atoms with Crippen molar-refractivity contribution in [1.29, 1.82) is 0 Å². The number of phenols is 1. The molecule has 2 aromatic carbocycles. The number of hydrogen-bond acceptors (Lipinski definition) is 4. The fourth-order valence-electron chi connectivity index (χ4n) is 6.75. The minimum atomic E-state index is -5.12. The zero-order chi connectivity index (χ0) is 32.1. The van der Waals surface area contributed by atoms with Crippen LogP contribution in [0.2, 0.25) is 0 Å². The highest BCUT2D eigenvalue weighted by Crippen LogP contribution is 2.52. The highest BCUT2D eigenvalue weighted by molar-refractivity contribution is 6.22. The Morgan fingerprint density at radius 3 is 2.14 bits per heavy atom. The third-order valence-corrected chi connectivity index (χ3v) is 8.92. The van der Waals surface area contributed by atoms with Crippen LogP contribution in [0.15, 0.2) is 59.2 Å². The van der Waals surface area contributed by atoms with Crippen LogP contribution in [0.5, 0.6) is 5.75 Å². The molecule has 0 unspecified atom stereocenters. The van der Waals surface area contributed by atoms with Gasteiger partial charge in [-0.15, -0.1) is 0 Å². The smallest absolute Gasteiger partial charge is 0.416 e. The van der Waals surface area contributed by atoms with Crippen LogP contribution in [0, 0.1) is 23.7 Å². The van der Waals surface area contributed by atoms with E-state index in [1.807, 2.05) is 39.0 Å². The molecule has 2 aromatic rings. The van der Waals surface area contributed by atoms with Crippen molar-refractivity contribution in [3.05, 3.63) is 75.9 Å². The maximum atomic E-state index is 13.8. The first kappa shape index (κ1) is 31.8. The van der Waals surface area contributed by atoms with Crippen molar-refractivity contribution in [2.75, 3.05) is 11.5 Å². The third kappa shape index (κ3) is 6.03. The first-order valence-electron chi connectivity index (χ1n) is 14.6. The second kappa shape index (κ2) is 11.7. The molecule has 236 valence electrons. The molecule has 2 amide bonds. The number of ether oxygens (including phenoxy) is 1. The van der Waals surface area contributed by atoms with Gasteiger partial charge < -0.3 is 9.84 Å². The molecule has 5 rings (SSSR count). The van der Waals surface area contributed by atoms with Crippen LogP contribution in [0.3, 0.4) is 0 Å². The molecule has 0 spiro atoms. The maximum Gasteiger partial charge on any atom is 0.416 e. The van der Waals surface area contributed by atoms with Crippen LogP contribution >= 0.6 is 0 Å². The van der Waals surface area contributed by atoms with Gasteiger partial charge in [-0.05, 0) is 73.1 Å². The normalized spacial score (nSPS) is 24.4. The van der Waals surface area contributed by atoms with Crippen molar-refractivity contribution in [3.8, 4) is 5.75 Å². The standard InChI is InChI=1S/C33H33F6NO4/c1-4-18(11-19-5-8-23(41)9-6-19)7-10-27-28-24(17(2)3)15-25-29(26(28)16-44-27)31(43)40(30(25)42)22-13-20(32(34,35)36)12-21(14-22)33(37,38)39/h5-6,8-9,11-14,17,25-27,29,41H,4,7,10,15-16H2,1-3H3/b18-11+/t25-,26+,27-,29-/m1/s1. The van der Waals surface area contributed by atoms with Crippen LogP contribution in [0.4, 0.5) is 32.0 Å². The van der Waals surface area contributed by atoms with Gasteiger partial charge in [0.25, 0.3) is 0 Å². The van der Waals surface area contributed by atoms with Crippen LogP contribution in [-0.2, 0) is 26.7 Å². The number of nitrogens with zero attached hydrogens (tertiary/aromatic N) is 1. The van der Waals surface area contributed by atoms with Crippen molar-refractivity contribution in [1.82, 2.24) is 0 Å². The summed E-state index contributed by atoms with van der Waals surface area (Å²) >= 11 is 0. The number of aromatic hydroxyl groups is 1. The Labute approximate surface area is 251 Å². The third-order valence-electron chi connectivity index (χ3n) is 8.92. The molecule has 3 aliphatic rings. The Kier molecular flexibility index (Phi) is 8.48. The minimum Gasteiger partial charge on any atom is -0.508 e. The molecule has 1 N–H and O–H groups in total. The van der Waals surface area contributed by atoms with E-state index < -0.39 is 58.7 Å². The molecule has 44 heavy (non-hydrogen) atoms. The predicted molar refractivity (Wildman–Crippen MR) is 151 cm³/mol. The van der Waals surface area contributed by atoms with Crippen molar-refractivity contribution < 1.29 is 45.8 Å². The van der Waals surface area contributed by atoms with E-state index in [9.17, 15) is 41.0 Å². The van der Waals surface area contributed by atoms with Gasteiger partial charge in [-0.3, -0.25) is 9.59 Å². The molecule has 1 aliphatic carbocycles. The second-order valence-corrected chi connectivity index (χ2v) is 12.0. The summed E-state index contributed by atoms with van der Waals surface area (Å²) in [5.41, 5.74) is 0.0438. The maximum absolute atomic E-state index is 13.8. The Morgan fingerprint density at radius 1 is 0.977 bits per heavy atom. The molecule has 2 aliphatic heterocycles. The number of amides is 2. The highest BCUT2D eigenvalue weighted by atomic mass is 19.4. The summed E-state index contributed by atoms with van der Waals surface area (Å²) in [7, 11) is 0. The summed E-state index contributed by atoms with van der Waals surface area (Å²) in [4.78, 5) is 27.9. The number of halogens is 6. The van der Waals surface area contributed by atoms with Crippen LogP contribution in [-0.4, -0.2) is 29.6 Å². The number of anilines is 1. The van der Waals surface area contributed by atoms with E-state index in [0.29, 0.717) is 29.9 Å². The number of alkyl halides is 6. The van der Waals surface area contributed by atoms with Gasteiger partial charge in [0.2, 0.25) is 11.8 Å². The molecular weight excluding hydrogens is 588 g/mol. The lowest BCUT2D eigenvalue weighted by Gasteiger charge is -2.33. The fourth-order valence-corrected chi connectivity index (χ4v) is 6.75. The number of carbonyl (C=O) groups excluding carboxylic acids is 2. The van der Waals surface area contributed by atoms with E-state index in [1.165, 1.54) is 0 Å². The SMILES string of the molecule is CC/C(=C\c1ccc(O)cc1)CC[C@H]1OC[C@H]2C1=C(C(C)C)C[C@H]1C(=O)N(c3cc(C(F)(F)F)cc(C(F)(F)F)c3)C(=O)[C@H]12. The summed E-state index contributed by atoms with van der Waals surface area (Å²) in [5, 5.41) is 9.56. The highest BCUT2D eigenvalue weighted by Gasteiger charge is 2.58. The van der Waals surface area contributed by atoms with Crippen molar-refractivity contribution >= 4 is 23.6 Å². The van der Waals surface area contributed by atoms with E-state index in [0.717, 1.165) is 28.7 Å². The average Bonchev–Trinajstić information content (AvgIpc) is 3.48. The molecule has 2 saturated heterocycles. The van der Waals surface area contributed by atoms with Gasteiger partial charge in [0.05, 0.1) is 41.4 Å². The number of allylic oxidation sites excluding steroid dienone is 2. The van der Waals surface area contributed by atoms with Crippen LogP contribution < -0.4 is 4.90 Å². The first-order chi connectivity index (χ1) is 20.6. The molecule has 0 radical (unpaired) electrons. The molecule has 5 nitrogen and oxygen atoms in total. The fraction of sp³-hybridized carbons (Fsp3) is 0.455. The average molecular weight is 622 g/mol. The van der Waals surface area contributed by atoms with Crippen molar-refractivity contribution in [2.45, 2.75) is 64.9 Å². The van der Waals surface area contributed by atoms with Gasteiger partial charge in [-0.1, -0.05) is 50.1 Å². The lowest BCUT2D eigenvalue weighted by Crippen LogP contribution is -2.35. The Morgan fingerprint density at radius 2 is 1.59 bits per heavy atom. The molecule has 2 fully saturated rings. The second-order valence-electron chi connectivity index (χ2n) is 12.0. The monoisotopic (exact) mass is 621 g/mol. The Hall–Kier alpha value is -3.60. The lowest BCUT2D eigenvalue weighted by molar-refractivity contribution is -0.143. The summed E-state index contributed by atoms with van der Waals surface area (Å²) in [6, 6.07) is 7.67. The number of fused-ring (bicyclic) bond motifs is 3. The zero-order valence-corrected chi connectivity index (χ0v) is 24.4. The molecule has 11 heteroatoms. The van der Waals surface area contributed by atoms with E-state index in [4.69, 9.17) is 4.74 Å². The number of benzene rings is 2. The van der Waals surface area contributed by atoms with Gasteiger partial charge in [0, 0.05) is 5.92 Å². The van der Waals surface area contributed by atoms with Crippen LogP contribution in [0.25, 0.3) is 6.08 Å². The van der Waals surface area contributed by atoms with E-state index in [1.54, 1.807) is 12.1 Å². The Balaban J connectivity index is 1.44. The minimum absolute atomic E-state index is 0.0156. The quantitative estimate of drug-likeness (QED) is 0.192. The number of phenolic OH excluding ortho intramolecular Hbond substituents is 1.